The maximum atomic E-state index is 10.3. The average Bonchev–Trinajstić information content (AvgIpc) is 1.81. The summed E-state index contributed by atoms with van der Waals surface area (Å²) in [6.45, 7) is 1.84. The first-order chi connectivity index (χ1) is 5.58. The fourth-order valence-electron chi connectivity index (χ4n) is 1.55. The topological polar surface area (TPSA) is 66.8 Å². The molecule has 0 aromatic carbocycles. The number of rotatable bonds is 2. The molecule has 1 aliphatic rings. The molecule has 0 amide bonds. The van der Waals surface area contributed by atoms with E-state index in [1.165, 1.54) is 0 Å². The van der Waals surface area contributed by atoms with Crippen LogP contribution in [0.5, 0.6) is 0 Å². The third-order valence-corrected chi connectivity index (χ3v) is 1.97. The van der Waals surface area contributed by atoms with Gasteiger partial charge in [-0.2, -0.15) is 0 Å². The van der Waals surface area contributed by atoms with Crippen molar-refractivity contribution in [2.75, 3.05) is 0 Å². The lowest BCUT2D eigenvalue weighted by Gasteiger charge is -2.30. The van der Waals surface area contributed by atoms with Gasteiger partial charge in [0.05, 0.1) is 24.7 Å². The number of carboxylic acid groups (broad SMARTS) is 1. The predicted molar refractivity (Wildman–Crippen MR) is 41.8 cm³/mol. The Hall–Kier alpha value is -0.610. The minimum Gasteiger partial charge on any atom is -0.481 e. The zero-order valence-corrected chi connectivity index (χ0v) is 7.06. The van der Waals surface area contributed by atoms with Crippen LogP contribution in [-0.4, -0.2) is 34.5 Å². The SMILES string of the molecule is C[C@@H]1C[C@H](O)C[C@@H](CC(=O)O)O1. The lowest BCUT2D eigenvalue weighted by molar-refractivity contribution is -0.145. The Kier molecular flexibility index (Phi) is 3.05. The second kappa shape index (κ2) is 3.87. The number of aliphatic carboxylic acids is 1. The molecule has 1 heterocycles. The maximum absolute atomic E-state index is 10.3. The van der Waals surface area contributed by atoms with Crippen molar-refractivity contribution in [3.05, 3.63) is 0 Å². The molecule has 0 radical (unpaired) electrons. The number of ether oxygens (including phenoxy) is 1. The molecule has 0 aliphatic carbocycles. The maximum Gasteiger partial charge on any atom is 0.305 e. The highest BCUT2D eigenvalue weighted by Gasteiger charge is 2.26. The lowest BCUT2D eigenvalue weighted by atomic mass is 10.00. The van der Waals surface area contributed by atoms with E-state index >= 15 is 0 Å². The Morgan fingerprint density at radius 1 is 1.58 bits per heavy atom. The van der Waals surface area contributed by atoms with E-state index < -0.39 is 12.1 Å². The summed E-state index contributed by atoms with van der Waals surface area (Å²) in [5, 5.41) is 17.8. The van der Waals surface area contributed by atoms with Crippen molar-refractivity contribution in [2.24, 2.45) is 0 Å². The van der Waals surface area contributed by atoms with Crippen LogP contribution >= 0.6 is 0 Å². The van der Waals surface area contributed by atoms with Gasteiger partial charge in [0, 0.05) is 6.42 Å². The van der Waals surface area contributed by atoms with Gasteiger partial charge in [0.15, 0.2) is 0 Å². The smallest absolute Gasteiger partial charge is 0.305 e. The minimum absolute atomic E-state index is 0.0125. The molecule has 70 valence electrons. The van der Waals surface area contributed by atoms with E-state index in [0.717, 1.165) is 0 Å². The molecule has 2 N–H and O–H groups in total. The number of carbonyl (C=O) groups is 1. The molecular formula is C8H14O4. The first-order valence-electron chi connectivity index (χ1n) is 4.13. The Labute approximate surface area is 71.2 Å². The first kappa shape index (κ1) is 9.48. The van der Waals surface area contributed by atoms with Crippen molar-refractivity contribution in [1.29, 1.82) is 0 Å². The predicted octanol–water partition coefficient (Wildman–Crippen LogP) is 0.389. The normalized spacial score (nSPS) is 36.3. The van der Waals surface area contributed by atoms with E-state index in [9.17, 15) is 9.90 Å². The van der Waals surface area contributed by atoms with Gasteiger partial charge in [-0.1, -0.05) is 0 Å². The summed E-state index contributed by atoms with van der Waals surface area (Å²) < 4.78 is 5.33. The van der Waals surface area contributed by atoms with Crippen LogP contribution in [0.4, 0.5) is 0 Å². The summed E-state index contributed by atoms with van der Waals surface area (Å²) in [5.41, 5.74) is 0. The van der Waals surface area contributed by atoms with E-state index in [2.05, 4.69) is 0 Å². The number of carboxylic acids is 1. The zero-order valence-electron chi connectivity index (χ0n) is 7.06. The van der Waals surface area contributed by atoms with E-state index in [4.69, 9.17) is 9.84 Å². The van der Waals surface area contributed by atoms with Gasteiger partial charge in [0.25, 0.3) is 0 Å². The second-order valence-electron chi connectivity index (χ2n) is 3.29. The van der Waals surface area contributed by atoms with Gasteiger partial charge in [-0.3, -0.25) is 4.79 Å². The molecule has 0 bridgehead atoms. The van der Waals surface area contributed by atoms with Crippen molar-refractivity contribution < 1.29 is 19.7 Å². The number of hydrogen-bond acceptors (Lipinski definition) is 3. The van der Waals surface area contributed by atoms with Gasteiger partial charge in [0.1, 0.15) is 0 Å². The summed E-state index contributed by atoms with van der Waals surface area (Å²) in [5.74, 6) is -0.874. The van der Waals surface area contributed by atoms with Gasteiger partial charge in [-0.15, -0.1) is 0 Å². The van der Waals surface area contributed by atoms with Gasteiger partial charge >= 0.3 is 5.97 Å². The van der Waals surface area contributed by atoms with Crippen LogP contribution in [-0.2, 0) is 9.53 Å². The quantitative estimate of drug-likeness (QED) is 0.635. The van der Waals surface area contributed by atoms with Gasteiger partial charge in [-0.05, 0) is 13.3 Å². The molecule has 0 spiro atoms. The van der Waals surface area contributed by atoms with Crippen LogP contribution in [0.15, 0.2) is 0 Å². The van der Waals surface area contributed by atoms with Crippen molar-refractivity contribution in [3.63, 3.8) is 0 Å². The fourth-order valence-corrected chi connectivity index (χ4v) is 1.55. The summed E-state index contributed by atoms with van der Waals surface area (Å²) in [6, 6.07) is 0. The second-order valence-corrected chi connectivity index (χ2v) is 3.29. The summed E-state index contributed by atoms with van der Waals surface area (Å²) in [4.78, 5) is 10.3. The fraction of sp³-hybridized carbons (Fsp3) is 0.875. The molecule has 0 saturated carbocycles. The molecule has 0 unspecified atom stereocenters. The van der Waals surface area contributed by atoms with Crippen LogP contribution in [0, 0.1) is 0 Å². The summed E-state index contributed by atoms with van der Waals surface area (Å²) in [6.07, 6.45) is 0.284. The van der Waals surface area contributed by atoms with Crippen molar-refractivity contribution in [2.45, 2.75) is 44.5 Å². The highest BCUT2D eigenvalue weighted by Crippen LogP contribution is 2.21. The molecule has 0 aromatic heterocycles. The van der Waals surface area contributed by atoms with Crippen LogP contribution in [0.3, 0.4) is 0 Å². The molecule has 12 heavy (non-hydrogen) atoms. The Balaban J connectivity index is 2.38. The molecule has 1 aliphatic heterocycles. The third kappa shape index (κ3) is 2.79. The molecule has 4 nitrogen and oxygen atoms in total. The molecule has 1 fully saturated rings. The van der Waals surface area contributed by atoms with Crippen LogP contribution < -0.4 is 0 Å². The molecular weight excluding hydrogens is 160 g/mol. The van der Waals surface area contributed by atoms with Crippen molar-refractivity contribution >= 4 is 5.97 Å². The standard InChI is InChI=1S/C8H14O4/c1-5-2-6(9)3-7(12-5)4-8(10)11/h5-7,9H,2-4H2,1H3,(H,10,11)/t5-,6+,7+/m1/s1. The average molecular weight is 174 g/mol. The third-order valence-electron chi connectivity index (χ3n) is 1.97. The molecule has 1 rings (SSSR count). The molecule has 3 atom stereocenters. The van der Waals surface area contributed by atoms with Crippen molar-refractivity contribution in [1.82, 2.24) is 0 Å². The Bertz CT molecular complexity index is 158. The van der Waals surface area contributed by atoms with Crippen molar-refractivity contribution in [3.8, 4) is 0 Å². The van der Waals surface area contributed by atoms with Gasteiger partial charge in [-0.25, -0.2) is 0 Å². The summed E-state index contributed by atoms with van der Waals surface area (Å²) >= 11 is 0. The minimum atomic E-state index is -0.874. The molecule has 0 aromatic rings. The number of aliphatic hydroxyl groups is 1. The van der Waals surface area contributed by atoms with Gasteiger partial charge in [0.2, 0.25) is 0 Å². The highest BCUT2D eigenvalue weighted by molar-refractivity contribution is 5.67. The van der Waals surface area contributed by atoms with E-state index in [1.54, 1.807) is 0 Å². The van der Waals surface area contributed by atoms with Gasteiger partial charge < -0.3 is 14.9 Å². The number of aliphatic hydroxyl groups excluding tert-OH is 1. The monoisotopic (exact) mass is 174 g/mol. The van der Waals surface area contributed by atoms with E-state index in [1.807, 2.05) is 6.92 Å². The molecule has 4 heteroatoms. The Morgan fingerprint density at radius 3 is 2.75 bits per heavy atom. The zero-order chi connectivity index (χ0) is 9.14. The highest BCUT2D eigenvalue weighted by atomic mass is 16.5. The lowest BCUT2D eigenvalue weighted by Crippen LogP contribution is -2.35. The summed E-state index contributed by atoms with van der Waals surface area (Å²) in [7, 11) is 0. The Morgan fingerprint density at radius 2 is 2.25 bits per heavy atom. The largest absolute Gasteiger partial charge is 0.481 e. The van der Waals surface area contributed by atoms with E-state index in [-0.39, 0.29) is 18.6 Å². The molecule has 1 saturated heterocycles. The first-order valence-corrected chi connectivity index (χ1v) is 4.13. The van der Waals surface area contributed by atoms with Crippen LogP contribution in [0.1, 0.15) is 26.2 Å². The van der Waals surface area contributed by atoms with E-state index in [0.29, 0.717) is 12.8 Å². The van der Waals surface area contributed by atoms with Crippen LogP contribution in [0.25, 0.3) is 0 Å². The number of hydrogen-bond donors (Lipinski definition) is 2. The van der Waals surface area contributed by atoms with Crippen LogP contribution in [0.2, 0.25) is 0 Å².